The normalized spacial score (nSPS) is 16.8. The summed E-state index contributed by atoms with van der Waals surface area (Å²) >= 11 is 0. The van der Waals surface area contributed by atoms with Crippen LogP contribution in [0, 0.1) is 0 Å². The number of rotatable bonds is 3. The Labute approximate surface area is 117 Å². The molecule has 108 valence electrons. The molecule has 0 fully saturated rings. The number of aromatic carboxylic acids is 1. The molecule has 2 rings (SSSR count). The molecule has 0 aromatic heterocycles. The maximum atomic E-state index is 12.5. The molecule has 1 aromatic rings. The first-order valence-corrected chi connectivity index (χ1v) is 7.55. The summed E-state index contributed by atoms with van der Waals surface area (Å²) in [6, 6.07) is 3.81. The van der Waals surface area contributed by atoms with E-state index in [2.05, 4.69) is 0 Å². The lowest BCUT2D eigenvalue weighted by atomic mass is 10.1. The number of carbonyl (C=O) groups is 1. The zero-order chi connectivity index (χ0) is 14.9. The summed E-state index contributed by atoms with van der Waals surface area (Å²) in [7, 11) is -3.83. The number of nitrogens with zero attached hydrogens (tertiary/aromatic N) is 1. The van der Waals surface area contributed by atoms with Crippen molar-refractivity contribution in [3.63, 3.8) is 0 Å². The molecule has 0 saturated heterocycles. The van der Waals surface area contributed by atoms with Crippen LogP contribution in [0.25, 0.3) is 0 Å². The number of sulfonamides is 1. The molecule has 0 bridgehead atoms. The number of benzene rings is 1. The lowest BCUT2D eigenvalue weighted by Crippen LogP contribution is -2.35. The summed E-state index contributed by atoms with van der Waals surface area (Å²) in [6.45, 7) is 2.56. The topological polar surface area (TPSA) is 101 Å². The van der Waals surface area contributed by atoms with Gasteiger partial charge in [0.1, 0.15) is 0 Å². The number of nitrogen functional groups attached to an aromatic ring is 1. The third-order valence-electron chi connectivity index (χ3n) is 3.25. The van der Waals surface area contributed by atoms with Gasteiger partial charge in [-0.1, -0.05) is 11.6 Å². The van der Waals surface area contributed by atoms with Gasteiger partial charge in [-0.3, -0.25) is 0 Å². The van der Waals surface area contributed by atoms with Crippen molar-refractivity contribution in [1.82, 2.24) is 4.31 Å². The van der Waals surface area contributed by atoms with Crippen molar-refractivity contribution in [2.45, 2.75) is 18.2 Å². The average molecular weight is 296 g/mol. The lowest BCUT2D eigenvalue weighted by molar-refractivity contribution is 0.0692. The molecule has 1 aliphatic rings. The molecule has 7 heteroatoms. The highest BCUT2D eigenvalue weighted by Gasteiger charge is 2.29. The Hall–Kier alpha value is -1.86. The SMILES string of the molecule is CC1=CCN(S(=O)(=O)c2ccc(N)cc2C(=O)O)CC1. The molecular weight excluding hydrogens is 280 g/mol. The van der Waals surface area contributed by atoms with Crippen molar-refractivity contribution in [3.05, 3.63) is 35.4 Å². The molecule has 0 unspecified atom stereocenters. The number of anilines is 1. The van der Waals surface area contributed by atoms with Gasteiger partial charge in [0, 0.05) is 18.8 Å². The molecule has 0 radical (unpaired) electrons. The van der Waals surface area contributed by atoms with E-state index in [0.717, 1.165) is 5.57 Å². The highest BCUT2D eigenvalue weighted by molar-refractivity contribution is 7.89. The first kappa shape index (κ1) is 14.5. The van der Waals surface area contributed by atoms with Crippen LogP contribution in [0.2, 0.25) is 0 Å². The van der Waals surface area contributed by atoms with E-state index in [1.165, 1.54) is 22.5 Å². The highest BCUT2D eigenvalue weighted by Crippen LogP contribution is 2.25. The largest absolute Gasteiger partial charge is 0.478 e. The van der Waals surface area contributed by atoms with Crippen molar-refractivity contribution in [1.29, 1.82) is 0 Å². The van der Waals surface area contributed by atoms with Crippen LogP contribution in [-0.4, -0.2) is 36.9 Å². The monoisotopic (exact) mass is 296 g/mol. The van der Waals surface area contributed by atoms with E-state index in [9.17, 15) is 13.2 Å². The zero-order valence-electron chi connectivity index (χ0n) is 11.0. The first-order valence-electron chi connectivity index (χ1n) is 6.11. The quantitative estimate of drug-likeness (QED) is 0.647. The van der Waals surface area contributed by atoms with Crippen LogP contribution in [0.1, 0.15) is 23.7 Å². The van der Waals surface area contributed by atoms with Crippen molar-refractivity contribution >= 4 is 21.7 Å². The Kier molecular flexibility index (Phi) is 3.82. The van der Waals surface area contributed by atoms with Crippen LogP contribution in [0.5, 0.6) is 0 Å². The third kappa shape index (κ3) is 2.68. The Balaban J connectivity index is 2.47. The molecule has 20 heavy (non-hydrogen) atoms. The summed E-state index contributed by atoms with van der Waals surface area (Å²) in [5.41, 5.74) is 6.58. The molecule has 1 aliphatic heterocycles. The van der Waals surface area contributed by atoms with E-state index in [-0.39, 0.29) is 22.7 Å². The summed E-state index contributed by atoms with van der Waals surface area (Å²) in [5, 5.41) is 9.14. The van der Waals surface area contributed by atoms with Gasteiger partial charge in [-0.15, -0.1) is 0 Å². The minimum Gasteiger partial charge on any atom is -0.478 e. The van der Waals surface area contributed by atoms with Crippen molar-refractivity contribution in [2.75, 3.05) is 18.8 Å². The molecule has 0 amide bonds. The van der Waals surface area contributed by atoms with E-state index in [0.29, 0.717) is 13.0 Å². The summed E-state index contributed by atoms with van der Waals surface area (Å²) in [6.07, 6.45) is 2.48. The van der Waals surface area contributed by atoms with Crippen LogP contribution in [0.3, 0.4) is 0 Å². The molecule has 0 atom stereocenters. The summed E-state index contributed by atoms with van der Waals surface area (Å²) in [4.78, 5) is 11.0. The van der Waals surface area contributed by atoms with Crippen LogP contribution in [-0.2, 0) is 10.0 Å². The van der Waals surface area contributed by atoms with Crippen molar-refractivity contribution in [3.8, 4) is 0 Å². The predicted octanol–water partition coefficient (Wildman–Crippen LogP) is 1.31. The molecule has 3 N–H and O–H groups in total. The molecule has 1 heterocycles. The van der Waals surface area contributed by atoms with Gasteiger partial charge in [0.25, 0.3) is 0 Å². The van der Waals surface area contributed by atoms with Gasteiger partial charge >= 0.3 is 5.97 Å². The van der Waals surface area contributed by atoms with Crippen molar-refractivity contribution in [2.24, 2.45) is 0 Å². The molecular formula is C13H16N2O4S. The Morgan fingerprint density at radius 1 is 1.40 bits per heavy atom. The van der Waals surface area contributed by atoms with Crippen LogP contribution >= 0.6 is 0 Å². The second-order valence-electron chi connectivity index (χ2n) is 4.72. The second kappa shape index (κ2) is 5.26. The van der Waals surface area contributed by atoms with Gasteiger partial charge in [0.05, 0.1) is 10.5 Å². The van der Waals surface area contributed by atoms with Gasteiger partial charge < -0.3 is 10.8 Å². The highest BCUT2D eigenvalue weighted by atomic mass is 32.2. The molecule has 0 aliphatic carbocycles. The van der Waals surface area contributed by atoms with Crippen LogP contribution in [0.4, 0.5) is 5.69 Å². The molecule has 1 aromatic carbocycles. The number of carboxylic acids is 1. The molecule has 0 spiro atoms. The fraction of sp³-hybridized carbons (Fsp3) is 0.308. The Morgan fingerprint density at radius 3 is 2.65 bits per heavy atom. The van der Waals surface area contributed by atoms with E-state index in [1.54, 1.807) is 0 Å². The minimum atomic E-state index is -3.83. The molecule has 6 nitrogen and oxygen atoms in total. The smallest absolute Gasteiger partial charge is 0.337 e. The maximum Gasteiger partial charge on any atom is 0.337 e. The van der Waals surface area contributed by atoms with E-state index < -0.39 is 16.0 Å². The van der Waals surface area contributed by atoms with E-state index >= 15 is 0 Å². The van der Waals surface area contributed by atoms with Crippen molar-refractivity contribution < 1.29 is 18.3 Å². The van der Waals surface area contributed by atoms with Gasteiger partial charge in [-0.2, -0.15) is 4.31 Å². The van der Waals surface area contributed by atoms with Gasteiger partial charge in [-0.25, -0.2) is 13.2 Å². The lowest BCUT2D eigenvalue weighted by Gasteiger charge is -2.25. The van der Waals surface area contributed by atoms with Crippen LogP contribution < -0.4 is 5.73 Å². The summed E-state index contributed by atoms with van der Waals surface area (Å²) in [5.74, 6) is -1.31. The fourth-order valence-electron chi connectivity index (χ4n) is 2.05. The van der Waals surface area contributed by atoms with Gasteiger partial charge in [0.15, 0.2) is 0 Å². The third-order valence-corrected chi connectivity index (χ3v) is 5.17. The number of hydrogen-bond donors (Lipinski definition) is 2. The second-order valence-corrected chi connectivity index (χ2v) is 6.63. The van der Waals surface area contributed by atoms with Gasteiger partial charge in [0.2, 0.25) is 10.0 Å². The van der Waals surface area contributed by atoms with E-state index in [4.69, 9.17) is 10.8 Å². The maximum absolute atomic E-state index is 12.5. The number of nitrogens with two attached hydrogens (primary N) is 1. The first-order chi connectivity index (χ1) is 9.32. The number of hydrogen-bond acceptors (Lipinski definition) is 4. The Bertz CT molecular complexity index is 680. The molecule has 0 saturated carbocycles. The predicted molar refractivity (Wildman–Crippen MR) is 74.9 cm³/mol. The van der Waals surface area contributed by atoms with Gasteiger partial charge in [-0.05, 0) is 31.5 Å². The zero-order valence-corrected chi connectivity index (χ0v) is 11.9. The number of carboxylic acid groups (broad SMARTS) is 1. The van der Waals surface area contributed by atoms with E-state index in [1.807, 2.05) is 13.0 Å². The van der Waals surface area contributed by atoms with Crippen LogP contribution in [0.15, 0.2) is 34.7 Å². The summed E-state index contributed by atoms with van der Waals surface area (Å²) < 4.78 is 26.3. The fourth-order valence-corrected chi connectivity index (χ4v) is 3.59. The Morgan fingerprint density at radius 2 is 2.10 bits per heavy atom. The minimum absolute atomic E-state index is 0.216. The average Bonchev–Trinajstić information content (AvgIpc) is 2.38. The standard InChI is InChI=1S/C13H16N2O4S/c1-9-4-6-15(7-5-9)20(18,19)12-3-2-10(14)8-11(12)13(16)17/h2-4,8H,5-7,14H2,1H3,(H,16,17).